The van der Waals surface area contributed by atoms with Crippen LogP contribution in [0.25, 0.3) is 0 Å². The van der Waals surface area contributed by atoms with E-state index in [1.165, 1.54) is 64.2 Å². The van der Waals surface area contributed by atoms with Crippen LogP contribution in [0.3, 0.4) is 0 Å². The van der Waals surface area contributed by atoms with Gasteiger partial charge in [-0.25, -0.2) is 13.9 Å². The van der Waals surface area contributed by atoms with Crippen molar-refractivity contribution in [3.8, 4) is 0 Å². The van der Waals surface area contributed by atoms with E-state index in [1.54, 1.807) is 0 Å². The standard InChI is InChI=1S/C59H116N4O17P2/c1-5-9-13-17-19-21-23-27-31-35-55(66)45-57(68)62-51(47-75-41-37-53(64)33-29-25-15-11-7-3)49-79-81(71,72)77-43-39-60-59(70)61-40-44-78-82(73,74)80-50-52(48-76-42-38-54(65)34-30-26-16-12-8-4)63-58(69)46-56(67)36-32-28-24-22-20-18-14-10-6-2/h51-54,64-65H,5-50H2,1-4H3,(H,62,68)(H,63,69)(H,71,72)(H,73,74)(H2,60,61,70)/t51?,52?,53-,54-/m1/s1. The zero-order chi connectivity index (χ0) is 60.8. The Bertz CT molecular complexity index is 1570. The van der Waals surface area contributed by atoms with Crippen LogP contribution in [0.15, 0.2) is 0 Å². The molecule has 82 heavy (non-hydrogen) atoms. The van der Waals surface area contributed by atoms with Gasteiger partial charge in [0.1, 0.15) is 11.6 Å². The van der Waals surface area contributed by atoms with Crippen molar-refractivity contribution in [1.29, 1.82) is 0 Å². The van der Waals surface area contributed by atoms with Crippen molar-refractivity contribution in [2.45, 2.75) is 283 Å². The molecule has 0 aliphatic heterocycles. The molecule has 23 heteroatoms. The Balaban J connectivity index is 5.03. The first kappa shape index (κ1) is 79.6. The van der Waals surface area contributed by atoms with Gasteiger partial charge in [-0.15, -0.1) is 0 Å². The molecule has 0 heterocycles. The number of carbonyl (C=O) groups is 5. The molecule has 0 fully saturated rings. The molecule has 0 saturated heterocycles. The first-order valence-electron chi connectivity index (χ1n) is 31.8. The quantitative estimate of drug-likeness (QED) is 0.0159. The molecule has 0 rings (SSSR count). The molecule has 0 spiro atoms. The minimum Gasteiger partial charge on any atom is -0.393 e. The van der Waals surface area contributed by atoms with Crippen molar-refractivity contribution in [1.82, 2.24) is 21.3 Å². The molecule has 0 aromatic rings. The second-order valence-electron chi connectivity index (χ2n) is 21.9. The van der Waals surface area contributed by atoms with E-state index in [0.29, 0.717) is 38.5 Å². The number of hydrogen-bond acceptors (Lipinski definition) is 15. The lowest BCUT2D eigenvalue weighted by Gasteiger charge is -2.21. The predicted octanol–water partition coefficient (Wildman–Crippen LogP) is 11.5. The Morgan fingerprint density at radius 3 is 1.02 bits per heavy atom. The summed E-state index contributed by atoms with van der Waals surface area (Å²) in [6.07, 6.45) is 31.1. The molecule has 4 amide bonds. The Labute approximate surface area is 494 Å². The van der Waals surface area contributed by atoms with Crippen LogP contribution < -0.4 is 21.3 Å². The molecular formula is C59H116N4O17P2. The van der Waals surface area contributed by atoms with E-state index in [0.717, 1.165) is 103 Å². The highest BCUT2D eigenvalue weighted by Gasteiger charge is 2.27. The van der Waals surface area contributed by atoms with Crippen molar-refractivity contribution in [3.63, 3.8) is 0 Å². The van der Waals surface area contributed by atoms with E-state index in [9.17, 15) is 53.1 Å². The molecule has 0 aliphatic rings. The first-order chi connectivity index (χ1) is 39.4. The van der Waals surface area contributed by atoms with Crippen LogP contribution in [-0.2, 0) is 55.9 Å². The second-order valence-corrected chi connectivity index (χ2v) is 24.8. The maximum atomic E-state index is 12.9. The summed E-state index contributed by atoms with van der Waals surface area (Å²) in [6, 6.07) is -2.63. The van der Waals surface area contributed by atoms with Gasteiger partial charge in [0, 0.05) is 39.1 Å². The predicted molar refractivity (Wildman–Crippen MR) is 321 cm³/mol. The van der Waals surface area contributed by atoms with E-state index >= 15 is 0 Å². The molecule has 6 atom stereocenters. The molecule has 0 radical (unpaired) electrons. The van der Waals surface area contributed by atoms with Crippen LogP contribution in [-0.4, -0.2) is 140 Å². The van der Waals surface area contributed by atoms with E-state index in [4.69, 9.17) is 27.6 Å². The molecule has 0 aromatic heterocycles. The zero-order valence-corrected chi connectivity index (χ0v) is 53.1. The molecule has 0 bridgehead atoms. The smallest absolute Gasteiger partial charge is 0.393 e. The zero-order valence-electron chi connectivity index (χ0n) is 51.3. The molecular weight excluding hydrogens is 1100 g/mol. The van der Waals surface area contributed by atoms with Crippen LogP contribution in [0, 0.1) is 0 Å². The molecule has 0 aliphatic carbocycles. The number of unbranched alkanes of at least 4 members (excludes halogenated alkanes) is 24. The summed E-state index contributed by atoms with van der Waals surface area (Å²) >= 11 is 0. The van der Waals surface area contributed by atoms with Gasteiger partial charge in [-0.2, -0.15) is 0 Å². The molecule has 4 unspecified atom stereocenters. The van der Waals surface area contributed by atoms with Crippen molar-refractivity contribution in [2.75, 3.05) is 65.9 Å². The maximum absolute atomic E-state index is 12.9. The minimum atomic E-state index is -4.72. The highest BCUT2D eigenvalue weighted by atomic mass is 31.2. The maximum Gasteiger partial charge on any atom is 0.472 e. The average Bonchev–Trinajstić information content (AvgIpc) is 3.47. The van der Waals surface area contributed by atoms with Gasteiger partial charge < -0.3 is 50.7 Å². The number of amides is 4. The van der Waals surface area contributed by atoms with Gasteiger partial charge in [-0.1, -0.05) is 195 Å². The lowest BCUT2D eigenvalue weighted by molar-refractivity contribution is -0.130. The van der Waals surface area contributed by atoms with Crippen LogP contribution in [0.2, 0.25) is 0 Å². The third-order valence-electron chi connectivity index (χ3n) is 13.8. The Morgan fingerprint density at radius 2 is 0.695 bits per heavy atom. The SMILES string of the molecule is CCCCCCCCCCCC(=O)CC(=O)NC(COCC[C@H](O)CCCCCCC)COP(=O)(O)OCCNC(=O)NCCOP(=O)(O)OCC(COCC[C@H](O)CCCCCCC)NC(=O)CC(=O)CCCCCCCCCCC. The molecule has 8 N–H and O–H groups in total. The number of carbonyl (C=O) groups excluding carboxylic acids is 5. The van der Waals surface area contributed by atoms with Crippen molar-refractivity contribution in [3.05, 3.63) is 0 Å². The summed E-state index contributed by atoms with van der Waals surface area (Å²) in [7, 11) is -9.45. The molecule has 21 nitrogen and oxygen atoms in total. The molecule has 0 aromatic carbocycles. The van der Waals surface area contributed by atoms with Gasteiger partial charge in [0.05, 0.1) is 76.8 Å². The second kappa shape index (κ2) is 55.2. The third-order valence-corrected chi connectivity index (χ3v) is 15.8. The van der Waals surface area contributed by atoms with Gasteiger partial charge in [0.15, 0.2) is 0 Å². The number of phosphoric acid groups is 2. The molecule has 484 valence electrons. The van der Waals surface area contributed by atoms with E-state index < -0.39 is 84.2 Å². The number of ether oxygens (including phenoxy) is 2. The summed E-state index contributed by atoms with van der Waals surface area (Å²) in [5.74, 6) is -1.60. The number of hydrogen-bond donors (Lipinski definition) is 8. The van der Waals surface area contributed by atoms with E-state index in [-0.39, 0.29) is 76.8 Å². The summed E-state index contributed by atoms with van der Waals surface area (Å²) in [5.41, 5.74) is 0. The Kier molecular flexibility index (Phi) is 53.6. The topological polar surface area (TPSA) is 304 Å². The van der Waals surface area contributed by atoms with Crippen molar-refractivity contribution >= 4 is 45.1 Å². The molecule has 0 saturated carbocycles. The highest BCUT2D eigenvalue weighted by molar-refractivity contribution is 7.47. The lowest BCUT2D eigenvalue weighted by Crippen LogP contribution is -2.42. The van der Waals surface area contributed by atoms with Crippen LogP contribution in [0.1, 0.15) is 259 Å². The fraction of sp³-hybridized carbons (Fsp3) is 0.915. The van der Waals surface area contributed by atoms with Crippen molar-refractivity contribution < 1.29 is 80.7 Å². The number of phosphoric ester groups is 2. The van der Waals surface area contributed by atoms with Crippen LogP contribution >= 0.6 is 15.6 Å². The summed E-state index contributed by atoms with van der Waals surface area (Å²) in [6.45, 7) is 6.24. The minimum absolute atomic E-state index is 0.132. The monoisotopic (exact) mass is 1210 g/mol. The Morgan fingerprint density at radius 1 is 0.390 bits per heavy atom. The van der Waals surface area contributed by atoms with Gasteiger partial charge in [-0.3, -0.25) is 37.3 Å². The largest absolute Gasteiger partial charge is 0.472 e. The van der Waals surface area contributed by atoms with Gasteiger partial charge in [0.2, 0.25) is 11.8 Å². The number of nitrogens with one attached hydrogen (secondary N) is 4. The summed E-state index contributed by atoms with van der Waals surface area (Å²) < 4.78 is 57.4. The van der Waals surface area contributed by atoms with E-state index in [2.05, 4.69) is 49.0 Å². The van der Waals surface area contributed by atoms with Crippen LogP contribution in [0.4, 0.5) is 4.79 Å². The summed E-state index contributed by atoms with van der Waals surface area (Å²) in [4.78, 5) is 84.3. The normalized spacial score (nSPS) is 14.5. The lowest BCUT2D eigenvalue weighted by atomic mass is 10.0. The van der Waals surface area contributed by atoms with Gasteiger partial charge in [0.25, 0.3) is 0 Å². The van der Waals surface area contributed by atoms with Crippen molar-refractivity contribution in [2.24, 2.45) is 0 Å². The van der Waals surface area contributed by atoms with E-state index in [1.807, 2.05) is 0 Å². The fourth-order valence-corrected chi connectivity index (χ4v) is 10.5. The number of rotatable bonds is 62. The van der Waals surface area contributed by atoms with Gasteiger partial charge >= 0.3 is 21.7 Å². The third kappa shape index (κ3) is 54.3. The highest BCUT2D eigenvalue weighted by Crippen LogP contribution is 2.43. The Hall–Kier alpha value is -2.39. The number of aliphatic hydroxyl groups is 2. The number of Topliss-reactive ketones (excluding diaryl/α,β-unsaturated/α-hetero) is 2. The average molecular weight is 1220 g/mol. The number of aliphatic hydroxyl groups excluding tert-OH is 2. The van der Waals surface area contributed by atoms with Gasteiger partial charge in [-0.05, 0) is 38.5 Å². The number of ketones is 2. The number of urea groups is 1. The van der Waals surface area contributed by atoms with Crippen LogP contribution in [0.5, 0.6) is 0 Å². The first-order valence-corrected chi connectivity index (χ1v) is 34.8. The summed E-state index contributed by atoms with van der Waals surface area (Å²) in [5, 5.41) is 30.9. The fourth-order valence-electron chi connectivity index (χ4n) is 8.92.